The summed E-state index contributed by atoms with van der Waals surface area (Å²) in [5.41, 5.74) is 0.164. The van der Waals surface area contributed by atoms with Gasteiger partial charge in [0.15, 0.2) is 0 Å². The van der Waals surface area contributed by atoms with Crippen LogP contribution in [0, 0.1) is 15.9 Å². The van der Waals surface area contributed by atoms with Crippen molar-refractivity contribution < 1.29 is 9.31 Å². The third-order valence-electron chi connectivity index (χ3n) is 3.33. The molecule has 1 aliphatic rings. The lowest BCUT2D eigenvalue weighted by molar-refractivity contribution is -0.384. The molecule has 0 spiro atoms. The van der Waals surface area contributed by atoms with Crippen LogP contribution < -0.4 is 5.32 Å². The van der Waals surface area contributed by atoms with Crippen LogP contribution in [0.5, 0.6) is 0 Å². The van der Waals surface area contributed by atoms with E-state index >= 15 is 0 Å². The van der Waals surface area contributed by atoms with E-state index in [0.717, 1.165) is 19.3 Å². The second-order valence-corrected chi connectivity index (χ2v) is 6.43. The lowest BCUT2D eigenvalue weighted by atomic mass is 10.2. The van der Waals surface area contributed by atoms with E-state index in [-0.39, 0.29) is 21.9 Å². The summed E-state index contributed by atoms with van der Waals surface area (Å²) in [6.45, 7) is 0. The maximum atomic E-state index is 13.6. The number of hydrogen-bond donors (Lipinski definition) is 1. The Hall–Kier alpha value is -0.820. The monoisotopic (exact) mass is 348 g/mol. The molecule has 0 amide bonds. The highest BCUT2D eigenvalue weighted by Gasteiger charge is 2.28. The Bertz CT molecular complexity index is 501. The van der Waals surface area contributed by atoms with E-state index in [4.69, 9.17) is 0 Å². The standard InChI is InChI=1S/C12H14BrFN2O2S/c1-19-12-4-2-3-9(12)15-10-6-8(14)7(13)5-11(10)16(17)18/h5-6,9,12,15H,2-4H2,1H3. The quantitative estimate of drug-likeness (QED) is 0.654. The van der Waals surface area contributed by atoms with E-state index in [2.05, 4.69) is 21.2 Å². The molecule has 19 heavy (non-hydrogen) atoms. The SMILES string of the molecule is CSC1CCCC1Nc1cc(F)c(Br)cc1[N+](=O)[O-]. The van der Waals surface area contributed by atoms with Crippen LogP contribution in [0.3, 0.4) is 0 Å². The van der Waals surface area contributed by atoms with Crippen molar-refractivity contribution >= 4 is 39.1 Å². The van der Waals surface area contributed by atoms with Gasteiger partial charge in [0.25, 0.3) is 5.69 Å². The van der Waals surface area contributed by atoms with Gasteiger partial charge in [0.2, 0.25) is 0 Å². The lowest BCUT2D eigenvalue weighted by Gasteiger charge is -2.20. The number of nitrogens with one attached hydrogen (secondary N) is 1. The Kier molecular flexibility index (Phi) is 4.67. The summed E-state index contributed by atoms with van der Waals surface area (Å²) >= 11 is 4.72. The maximum Gasteiger partial charge on any atom is 0.293 e. The van der Waals surface area contributed by atoms with Gasteiger partial charge in [0, 0.05) is 23.4 Å². The van der Waals surface area contributed by atoms with Crippen molar-refractivity contribution in [1.82, 2.24) is 0 Å². The van der Waals surface area contributed by atoms with E-state index in [0.29, 0.717) is 5.25 Å². The van der Waals surface area contributed by atoms with Crippen molar-refractivity contribution in [3.05, 3.63) is 32.5 Å². The molecule has 4 nitrogen and oxygen atoms in total. The Balaban J connectivity index is 2.28. The third kappa shape index (κ3) is 3.20. The molecule has 1 aliphatic carbocycles. The van der Waals surface area contributed by atoms with Crippen molar-refractivity contribution in [3.63, 3.8) is 0 Å². The molecule has 1 aromatic rings. The van der Waals surface area contributed by atoms with Crippen LogP contribution in [-0.2, 0) is 0 Å². The molecular weight excluding hydrogens is 335 g/mol. The fraction of sp³-hybridized carbons (Fsp3) is 0.500. The van der Waals surface area contributed by atoms with Gasteiger partial charge < -0.3 is 5.32 Å². The zero-order chi connectivity index (χ0) is 14.0. The van der Waals surface area contributed by atoms with Crippen LogP contribution in [0.1, 0.15) is 19.3 Å². The second-order valence-electron chi connectivity index (χ2n) is 4.50. The fourth-order valence-corrected chi connectivity index (χ4v) is 3.64. The van der Waals surface area contributed by atoms with Gasteiger partial charge in [-0.2, -0.15) is 11.8 Å². The minimum Gasteiger partial charge on any atom is -0.376 e. The van der Waals surface area contributed by atoms with Crippen molar-refractivity contribution in [1.29, 1.82) is 0 Å². The molecule has 1 N–H and O–H groups in total. The molecule has 2 atom stereocenters. The summed E-state index contributed by atoms with van der Waals surface area (Å²) < 4.78 is 13.7. The van der Waals surface area contributed by atoms with Gasteiger partial charge in [-0.25, -0.2) is 4.39 Å². The average molecular weight is 349 g/mol. The molecule has 0 bridgehead atoms. The lowest BCUT2D eigenvalue weighted by Crippen LogP contribution is -2.26. The van der Waals surface area contributed by atoms with Crippen LogP contribution >= 0.6 is 27.7 Å². The summed E-state index contributed by atoms with van der Waals surface area (Å²) in [5, 5.41) is 14.6. The zero-order valence-electron chi connectivity index (χ0n) is 10.4. The summed E-state index contributed by atoms with van der Waals surface area (Å²) in [4.78, 5) is 10.5. The largest absolute Gasteiger partial charge is 0.376 e. The molecule has 2 rings (SSSR count). The Morgan fingerprint density at radius 1 is 1.53 bits per heavy atom. The molecule has 0 aliphatic heterocycles. The topological polar surface area (TPSA) is 55.2 Å². The van der Waals surface area contributed by atoms with Crippen molar-refractivity contribution in [2.45, 2.75) is 30.6 Å². The van der Waals surface area contributed by atoms with E-state index in [1.165, 1.54) is 12.1 Å². The van der Waals surface area contributed by atoms with Crippen LogP contribution in [0.25, 0.3) is 0 Å². The predicted octanol–water partition coefficient (Wildman–Crippen LogP) is 4.19. The number of nitrogens with zero attached hydrogens (tertiary/aromatic N) is 1. The van der Waals surface area contributed by atoms with Crippen molar-refractivity contribution in [2.75, 3.05) is 11.6 Å². The van der Waals surface area contributed by atoms with Gasteiger partial charge in [-0.05, 0) is 35.0 Å². The van der Waals surface area contributed by atoms with Gasteiger partial charge in [-0.3, -0.25) is 10.1 Å². The Labute approximate surface area is 123 Å². The molecule has 1 saturated carbocycles. The first-order valence-electron chi connectivity index (χ1n) is 5.95. The maximum absolute atomic E-state index is 13.6. The summed E-state index contributed by atoms with van der Waals surface area (Å²) in [6, 6.07) is 2.56. The normalized spacial score (nSPS) is 22.5. The molecule has 1 aromatic carbocycles. The first-order valence-corrected chi connectivity index (χ1v) is 8.03. The van der Waals surface area contributed by atoms with Gasteiger partial charge in [-0.15, -0.1) is 0 Å². The van der Waals surface area contributed by atoms with E-state index in [1.807, 2.05) is 6.26 Å². The highest BCUT2D eigenvalue weighted by molar-refractivity contribution is 9.10. The highest BCUT2D eigenvalue weighted by atomic mass is 79.9. The van der Waals surface area contributed by atoms with Crippen LogP contribution in [0.2, 0.25) is 0 Å². The molecule has 104 valence electrons. The van der Waals surface area contributed by atoms with E-state index < -0.39 is 10.7 Å². The van der Waals surface area contributed by atoms with Gasteiger partial charge in [-0.1, -0.05) is 6.42 Å². The van der Waals surface area contributed by atoms with Gasteiger partial charge in [0.05, 0.1) is 9.40 Å². The average Bonchev–Trinajstić information content (AvgIpc) is 2.80. The molecule has 0 heterocycles. The molecule has 1 fully saturated rings. The first-order chi connectivity index (χ1) is 9.02. The molecule has 7 heteroatoms. The zero-order valence-corrected chi connectivity index (χ0v) is 12.8. The van der Waals surface area contributed by atoms with Crippen LogP contribution in [0.15, 0.2) is 16.6 Å². The Morgan fingerprint density at radius 2 is 2.26 bits per heavy atom. The van der Waals surface area contributed by atoms with E-state index in [1.54, 1.807) is 11.8 Å². The minimum absolute atomic E-state index is 0.0972. The second kappa shape index (κ2) is 6.09. The van der Waals surface area contributed by atoms with Crippen LogP contribution in [0.4, 0.5) is 15.8 Å². The first kappa shape index (κ1) is 14.6. The third-order valence-corrected chi connectivity index (χ3v) is 5.11. The van der Waals surface area contributed by atoms with Crippen LogP contribution in [-0.4, -0.2) is 22.5 Å². The van der Waals surface area contributed by atoms with Crippen molar-refractivity contribution in [3.8, 4) is 0 Å². The minimum atomic E-state index is -0.494. The van der Waals surface area contributed by atoms with E-state index in [9.17, 15) is 14.5 Å². The van der Waals surface area contributed by atoms with Gasteiger partial charge in [0.1, 0.15) is 11.5 Å². The molecule has 2 unspecified atom stereocenters. The number of halogens is 2. The molecular formula is C12H14BrFN2O2S. The fourth-order valence-electron chi connectivity index (χ4n) is 2.38. The predicted molar refractivity (Wildman–Crippen MR) is 79.3 cm³/mol. The summed E-state index contributed by atoms with van der Waals surface area (Å²) in [6.07, 6.45) is 5.17. The number of thioether (sulfide) groups is 1. The molecule has 0 aromatic heterocycles. The number of nitro groups is 1. The van der Waals surface area contributed by atoms with Gasteiger partial charge >= 0.3 is 0 Å². The summed E-state index contributed by atoms with van der Waals surface area (Å²) in [7, 11) is 0. The summed E-state index contributed by atoms with van der Waals surface area (Å²) in [5.74, 6) is -0.494. The number of hydrogen-bond acceptors (Lipinski definition) is 4. The number of rotatable bonds is 4. The molecule has 0 saturated heterocycles. The number of benzene rings is 1. The Morgan fingerprint density at radius 3 is 2.89 bits per heavy atom. The highest BCUT2D eigenvalue weighted by Crippen LogP contribution is 2.35. The smallest absolute Gasteiger partial charge is 0.293 e. The number of anilines is 1. The number of nitro benzene ring substituents is 1. The van der Waals surface area contributed by atoms with Crippen molar-refractivity contribution in [2.24, 2.45) is 0 Å². The molecule has 0 radical (unpaired) electrons.